The maximum atomic E-state index is 13.4. The number of nitro benzene ring substituents is 1. The number of aromatic hydroxyl groups is 1. The summed E-state index contributed by atoms with van der Waals surface area (Å²) in [4.78, 5) is 23.1. The molecule has 8 nitrogen and oxygen atoms in total. The highest BCUT2D eigenvalue weighted by Crippen LogP contribution is 2.26. The molecule has 170 valence electrons. The molecule has 0 radical (unpaired) electrons. The minimum absolute atomic E-state index is 0.0216. The van der Waals surface area contributed by atoms with Gasteiger partial charge in [-0.2, -0.15) is 5.10 Å². The largest absolute Gasteiger partial charge is 0.507 e. The summed E-state index contributed by atoms with van der Waals surface area (Å²) in [5.74, 6) is -1.03. The lowest BCUT2D eigenvalue weighted by Gasteiger charge is -2.09. The minimum atomic E-state index is -0.660. The highest BCUT2D eigenvalue weighted by Gasteiger charge is 2.13. The quantitative estimate of drug-likeness (QED) is 0.231. The first-order valence-corrected chi connectivity index (χ1v) is 10.1. The van der Waals surface area contributed by atoms with Crippen molar-refractivity contribution in [3.05, 3.63) is 111 Å². The van der Waals surface area contributed by atoms with Crippen LogP contribution in [0.4, 0.5) is 10.1 Å². The number of carbonyl (C=O) groups is 1. The molecule has 0 spiro atoms. The van der Waals surface area contributed by atoms with Crippen LogP contribution in [0.5, 0.6) is 11.5 Å². The van der Waals surface area contributed by atoms with Crippen LogP contribution in [0.2, 0.25) is 0 Å². The molecule has 0 aliphatic rings. The summed E-state index contributed by atoms with van der Waals surface area (Å²) in [5, 5.41) is 26.8. The molecule has 4 aromatic carbocycles. The van der Waals surface area contributed by atoms with Gasteiger partial charge < -0.3 is 9.84 Å². The van der Waals surface area contributed by atoms with Crippen molar-refractivity contribution in [1.29, 1.82) is 0 Å². The maximum Gasteiger partial charge on any atom is 0.275 e. The van der Waals surface area contributed by atoms with Gasteiger partial charge in [0.25, 0.3) is 11.6 Å². The molecule has 9 heteroatoms. The van der Waals surface area contributed by atoms with E-state index in [1.807, 2.05) is 18.2 Å². The van der Waals surface area contributed by atoms with Crippen LogP contribution in [0.25, 0.3) is 10.8 Å². The number of fused-ring (bicyclic) bond motifs is 1. The van der Waals surface area contributed by atoms with Gasteiger partial charge in [-0.05, 0) is 46.7 Å². The molecule has 1 amide bonds. The van der Waals surface area contributed by atoms with Crippen LogP contribution in [-0.4, -0.2) is 22.2 Å². The van der Waals surface area contributed by atoms with Crippen molar-refractivity contribution < 1.29 is 24.0 Å². The number of nitrogens with zero attached hydrogens (tertiary/aromatic N) is 2. The van der Waals surface area contributed by atoms with Crippen LogP contribution in [-0.2, 0) is 6.61 Å². The number of phenols is 1. The number of nitrogens with one attached hydrogen (secondary N) is 1. The molecule has 0 atom stereocenters. The van der Waals surface area contributed by atoms with Crippen LogP contribution in [0, 0.1) is 15.9 Å². The first kappa shape index (κ1) is 22.4. The summed E-state index contributed by atoms with van der Waals surface area (Å²) in [6.07, 6.45) is 1.20. The molecule has 0 saturated carbocycles. The van der Waals surface area contributed by atoms with Gasteiger partial charge in [-0.15, -0.1) is 0 Å². The lowest BCUT2D eigenvalue weighted by Crippen LogP contribution is -2.17. The number of ether oxygens (including phenoxy) is 1. The van der Waals surface area contributed by atoms with Crippen molar-refractivity contribution in [2.75, 3.05) is 0 Å². The van der Waals surface area contributed by atoms with Crippen LogP contribution in [0.15, 0.2) is 84.0 Å². The Morgan fingerprint density at radius 1 is 1.06 bits per heavy atom. The molecule has 0 aromatic heterocycles. The van der Waals surface area contributed by atoms with Gasteiger partial charge in [0.05, 0.1) is 16.7 Å². The van der Waals surface area contributed by atoms with Crippen molar-refractivity contribution in [3.63, 3.8) is 0 Å². The van der Waals surface area contributed by atoms with Gasteiger partial charge in [0.2, 0.25) is 0 Å². The Bertz CT molecular complexity index is 1420. The van der Waals surface area contributed by atoms with E-state index in [1.165, 1.54) is 48.7 Å². The molecule has 0 fully saturated rings. The van der Waals surface area contributed by atoms with Gasteiger partial charge in [-0.1, -0.05) is 36.4 Å². The third kappa shape index (κ3) is 5.16. The highest BCUT2D eigenvalue weighted by atomic mass is 19.1. The molecule has 2 N–H and O–H groups in total. The van der Waals surface area contributed by atoms with Crippen molar-refractivity contribution in [2.45, 2.75) is 6.61 Å². The zero-order valence-corrected chi connectivity index (χ0v) is 17.6. The van der Waals surface area contributed by atoms with E-state index in [-0.39, 0.29) is 34.9 Å². The Balaban J connectivity index is 1.54. The number of hydrogen-bond donors (Lipinski definition) is 2. The summed E-state index contributed by atoms with van der Waals surface area (Å²) in [7, 11) is 0. The molecule has 34 heavy (non-hydrogen) atoms. The number of halogens is 1. The number of amides is 1. The average molecular weight is 459 g/mol. The van der Waals surface area contributed by atoms with E-state index < -0.39 is 16.6 Å². The Hall–Kier alpha value is -4.79. The second-order valence-electron chi connectivity index (χ2n) is 7.31. The highest BCUT2D eigenvalue weighted by molar-refractivity contribution is 6.01. The Kier molecular flexibility index (Phi) is 6.45. The van der Waals surface area contributed by atoms with Gasteiger partial charge in [0, 0.05) is 17.7 Å². The standard InChI is InChI=1S/C25H18FN3O5/c26-20-7-3-4-16(10-20)15-34-24-9-8-21(29(32)33)11-19(24)14-27-28-25(31)22-12-17-5-1-2-6-18(17)13-23(22)30/h1-14,30H,15H2,(H,28,31)/b27-14-. The topological polar surface area (TPSA) is 114 Å². The van der Waals surface area contributed by atoms with Gasteiger partial charge >= 0.3 is 0 Å². The third-order valence-electron chi connectivity index (χ3n) is 4.97. The molecule has 0 saturated heterocycles. The lowest BCUT2D eigenvalue weighted by molar-refractivity contribution is -0.384. The number of benzene rings is 4. The smallest absolute Gasteiger partial charge is 0.275 e. The minimum Gasteiger partial charge on any atom is -0.507 e. The fourth-order valence-electron chi connectivity index (χ4n) is 3.30. The number of hydrazone groups is 1. The van der Waals surface area contributed by atoms with Gasteiger partial charge in [-0.3, -0.25) is 14.9 Å². The summed E-state index contributed by atoms with van der Waals surface area (Å²) >= 11 is 0. The van der Waals surface area contributed by atoms with E-state index >= 15 is 0 Å². The first-order valence-electron chi connectivity index (χ1n) is 10.1. The fraction of sp³-hybridized carbons (Fsp3) is 0.0400. The molecule has 0 aliphatic heterocycles. The van der Waals surface area contributed by atoms with Crippen molar-refractivity contribution in [1.82, 2.24) is 5.43 Å². The molecule has 4 aromatic rings. The Labute approximate surface area is 193 Å². The Morgan fingerprint density at radius 2 is 1.82 bits per heavy atom. The number of carbonyl (C=O) groups excluding carboxylic acids is 1. The van der Waals surface area contributed by atoms with E-state index in [2.05, 4.69) is 10.5 Å². The Morgan fingerprint density at radius 3 is 2.56 bits per heavy atom. The summed E-state index contributed by atoms with van der Waals surface area (Å²) in [5.41, 5.74) is 2.94. The fourth-order valence-corrected chi connectivity index (χ4v) is 3.30. The number of hydrogen-bond acceptors (Lipinski definition) is 6. The van der Waals surface area contributed by atoms with Crippen LogP contribution in [0.3, 0.4) is 0 Å². The van der Waals surface area contributed by atoms with E-state index in [9.17, 15) is 24.4 Å². The summed E-state index contributed by atoms with van der Waals surface area (Å²) < 4.78 is 19.1. The monoisotopic (exact) mass is 459 g/mol. The molecular weight excluding hydrogens is 441 g/mol. The SMILES string of the molecule is O=C(N/N=C\c1cc([N+](=O)[O-])ccc1OCc1cccc(F)c1)c1cc2ccccc2cc1O. The predicted molar refractivity (Wildman–Crippen MR) is 125 cm³/mol. The van der Waals surface area contributed by atoms with Crippen molar-refractivity contribution in [3.8, 4) is 11.5 Å². The molecule has 4 rings (SSSR count). The third-order valence-corrected chi connectivity index (χ3v) is 4.97. The number of nitro groups is 1. The van der Waals surface area contributed by atoms with Crippen molar-refractivity contribution >= 4 is 28.6 Å². The second-order valence-corrected chi connectivity index (χ2v) is 7.31. The molecule has 0 unspecified atom stereocenters. The molecular formula is C25H18FN3O5. The number of non-ortho nitro benzene ring substituents is 1. The van der Waals surface area contributed by atoms with E-state index in [4.69, 9.17) is 4.74 Å². The zero-order valence-electron chi connectivity index (χ0n) is 17.6. The predicted octanol–water partition coefficient (Wildman–Crippen LogP) is 4.94. The molecule has 0 aliphatic carbocycles. The van der Waals surface area contributed by atoms with E-state index in [0.717, 1.165) is 10.8 Å². The number of phenolic OH excluding ortho intramolecular Hbond substituents is 1. The normalized spacial score (nSPS) is 11.0. The van der Waals surface area contributed by atoms with Crippen LogP contribution in [0.1, 0.15) is 21.5 Å². The lowest BCUT2D eigenvalue weighted by atomic mass is 10.1. The summed E-state index contributed by atoms with van der Waals surface area (Å²) in [6, 6.07) is 20.0. The molecule has 0 heterocycles. The second kappa shape index (κ2) is 9.78. The van der Waals surface area contributed by atoms with Crippen molar-refractivity contribution in [2.24, 2.45) is 5.10 Å². The van der Waals surface area contributed by atoms with E-state index in [1.54, 1.807) is 18.2 Å². The zero-order chi connectivity index (χ0) is 24.1. The van der Waals surface area contributed by atoms with E-state index in [0.29, 0.717) is 5.56 Å². The average Bonchev–Trinajstić information content (AvgIpc) is 2.82. The number of rotatable bonds is 7. The molecule has 0 bridgehead atoms. The first-order chi connectivity index (χ1) is 16.4. The van der Waals surface area contributed by atoms with Crippen LogP contribution >= 0.6 is 0 Å². The van der Waals surface area contributed by atoms with Crippen LogP contribution < -0.4 is 10.2 Å². The van der Waals surface area contributed by atoms with Gasteiger partial charge in [0.15, 0.2) is 0 Å². The maximum absolute atomic E-state index is 13.4. The van der Waals surface area contributed by atoms with Gasteiger partial charge in [-0.25, -0.2) is 9.82 Å². The van der Waals surface area contributed by atoms with Gasteiger partial charge in [0.1, 0.15) is 23.9 Å². The summed E-state index contributed by atoms with van der Waals surface area (Å²) in [6.45, 7) is 0.0216.